The van der Waals surface area contributed by atoms with Gasteiger partial charge in [-0.25, -0.2) is 20.0 Å². The summed E-state index contributed by atoms with van der Waals surface area (Å²) in [6.45, 7) is 0. The number of aldehydes is 3. The summed E-state index contributed by atoms with van der Waals surface area (Å²) in [7, 11) is 0. The highest BCUT2D eigenvalue weighted by molar-refractivity contribution is 6.13. The fraction of sp³-hybridized carbons (Fsp3) is 0. The minimum Gasteiger partial charge on any atom is -0.298 e. The van der Waals surface area contributed by atoms with Gasteiger partial charge >= 0.3 is 0 Å². The van der Waals surface area contributed by atoms with Crippen LogP contribution in [0.15, 0.2) is 21.4 Å². The van der Waals surface area contributed by atoms with Crippen LogP contribution in [0.3, 0.4) is 0 Å². The van der Waals surface area contributed by atoms with Crippen LogP contribution in [0.4, 0.5) is 0 Å². The Morgan fingerprint density at radius 2 is 1.72 bits per heavy atom. The van der Waals surface area contributed by atoms with Gasteiger partial charge in [0.1, 0.15) is 22.8 Å². The molecule has 7 nitrogen and oxygen atoms in total. The van der Waals surface area contributed by atoms with Gasteiger partial charge < -0.3 is 0 Å². The monoisotopic (exact) mass is 240 g/mol. The lowest BCUT2D eigenvalue weighted by Gasteiger charge is -1.93. The average molecular weight is 240 g/mol. The van der Waals surface area contributed by atoms with Gasteiger partial charge in [0.25, 0.3) is 0 Å². The Bertz CT molecular complexity index is 789. The number of rotatable bonds is 3. The van der Waals surface area contributed by atoms with Gasteiger partial charge in [-0.3, -0.25) is 14.4 Å². The molecular weight excluding hydrogens is 236 g/mol. The summed E-state index contributed by atoms with van der Waals surface area (Å²) >= 11 is 0. The summed E-state index contributed by atoms with van der Waals surface area (Å²) in [5.74, 6) is 0. The van der Waals surface area contributed by atoms with Gasteiger partial charge in [-0.05, 0) is 6.08 Å². The standard InChI is InChI=1S/C11H4N4O3/c16-2-5-1-7-10(12-5)15-9-6(3-17)8(4-18)14-11(9)13-7/h1-4H. The van der Waals surface area contributed by atoms with Crippen molar-refractivity contribution in [3.8, 4) is 0 Å². The molecule has 0 N–H and O–H groups in total. The van der Waals surface area contributed by atoms with Crippen LogP contribution in [0.1, 0.15) is 11.4 Å². The largest absolute Gasteiger partial charge is 0.298 e. The van der Waals surface area contributed by atoms with E-state index in [0.29, 0.717) is 24.6 Å². The van der Waals surface area contributed by atoms with Crippen LogP contribution in [-0.4, -0.2) is 28.8 Å². The van der Waals surface area contributed by atoms with E-state index in [1.54, 1.807) is 0 Å². The van der Waals surface area contributed by atoms with E-state index >= 15 is 0 Å². The highest BCUT2D eigenvalue weighted by Gasteiger charge is 2.21. The summed E-state index contributed by atoms with van der Waals surface area (Å²) in [5, 5.41) is 0. The van der Waals surface area contributed by atoms with Gasteiger partial charge in [-0.1, -0.05) is 0 Å². The predicted octanol–water partition coefficient (Wildman–Crippen LogP) is -1.61. The number of allylic oxidation sites excluding steroid dienone is 3. The van der Waals surface area contributed by atoms with Crippen LogP contribution in [-0.2, 0) is 14.4 Å². The number of carbonyl (C=O) groups excluding carboxylic acids is 3. The van der Waals surface area contributed by atoms with Crippen molar-refractivity contribution in [3.05, 3.63) is 33.8 Å². The summed E-state index contributed by atoms with van der Waals surface area (Å²) in [5.41, 5.74) is 1.36. The first-order chi connectivity index (χ1) is 8.76. The first-order valence-corrected chi connectivity index (χ1v) is 4.94. The van der Waals surface area contributed by atoms with Crippen LogP contribution in [0, 0.1) is 0 Å². The smallest absolute Gasteiger partial charge is 0.180 e. The lowest BCUT2D eigenvalue weighted by atomic mass is 10.2. The van der Waals surface area contributed by atoms with Crippen LogP contribution >= 0.6 is 0 Å². The van der Waals surface area contributed by atoms with Crippen molar-refractivity contribution in [1.29, 1.82) is 0 Å². The Labute approximate surface area is 99.3 Å². The van der Waals surface area contributed by atoms with Crippen molar-refractivity contribution < 1.29 is 14.4 Å². The Morgan fingerprint density at radius 3 is 2.39 bits per heavy atom. The number of carbonyl (C=O) groups is 3. The second-order valence-corrected chi connectivity index (χ2v) is 3.55. The first-order valence-electron chi connectivity index (χ1n) is 4.94. The van der Waals surface area contributed by atoms with Gasteiger partial charge in [0.15, 0.2) is 29.8 Å². The van der Waals surface area contributed by atoms with Gasteiger partial charge in [-0.15, -0.1) is 0 Å². The van der Waals surface area contributed by atoms with Crippen LogP contribution in [0.2, 0.25) is 0 Å². The molecule has 1 aromatic rings. The van der Waals surface area contributed by atoms with Crippen LogP contribution in [0.5, 0.6) is 0 Å². The van der Waals surface area contributed by atoms with Gasteiger partial charge in [0.05, 0.1) is 5.57 Å². The lowest BCUT2D eigenvalue weighted by molar-refractivity contribution is -0.106. The molecule has 7 heteroatoms. The normalized spacial score (nSPS) is 15.2. The van der Waals surface area contributed by atoms with Gasteiger partial charge in [0.2, 0.25) is 0 Å². The summed E-state index contributed by atoms with van der Waals surface area (Å²) in [6, 6.07) is 0. The minimum atomic E-state index is 0.00302. The van der Waals surface area contributed by atoms with E-state index in [0.717, 1.165) is 0 Å². The molecule has 0 aliphatic carbocycles. The summed E-state index contributed by atoms with van der Waals surface area (Å²) in [6.07, 6.45) is 3.02. The van der Waals surface area contributed by atoms with E-state index in [2.05, 4.69) is 20.0 Å². The van der Waals surface area contributed by atoms with E-state index in [1.165, 1.54) is 6.08 Å². The molecule has 2 aliphatic rings. The maximum Gasteiger partial charge on any atom is 0.180 e. The van der Waals surface area contributed by atoms with Crippen molar-refractivity contribution >= 4 is 30.5 Å². The zero-order valence-electron chi connectivity index (χ0n) is 8.82. The minimum absolute atomic E-state index is 0.00302. The molecule has 0 spiro atoms. The fourth-order valence-electron chi connectivity index (χ4n) is 1.72. The fourth-order valence-corrected chi connectivity index (χ4v) is 1.72. The van der Waals surface area contributed by atoms with Gasteiger partial charge in [0, 0.05) is 0 Å². The topological polar surface area (TPSA) is 102 Å². The number of aromatic nitrogens is 2. The third kappa shape index (κ3) is 1.27. The van der Waals surface area contributed by atoms with E-state index < -0.39 is 0 Å². The van der Waals surface area contributed by atoms with E-state index in [4.69, 9.17) is 0 Å². The van der Waals surface area contributed by atoms with Crippen LogP contribution < -0.4 is 11.0 Å². The Balaban J connectivity index is 2.29. The SMILES string of the molecule is O=CC1=Cc2nc3c(nc2=N1)C(C=O)=C(C=O)N=3. The summed E-state index contributed by atoms with van der Waals surface area (Å²) in [4.78, 5) is 48.3. The molecule has 86 valence electrons. The maximum absolute atomic E-state index is 10.9. The third-order valence-electron chi connectivity index (χ3n) is 2.51. The lowest BCUT2D eigenvalue weighted by Crippen LogP contribution is -2.24. The highest BCUT2D eigenvalue weighted by Crippen LogP contribution is 2.15. The molecule has 2 aliphatic heterocycles. The number of nitrogens with zero attached hydrogens (tertiary/aromatic N) is 4. The molecular formula is C11H4N4O3. The molecule has 0 saturated carbocycles. The Hall–Kier alpha value is -2.83. The molecule has 0 aromatic carbocycles. The zero-order valence-corrected chi connectivity index (χ0v) is 8.82. The Kier molecular flexibility index (Phi) is 2.06. The number of fused-ring (bicyclic) bond motifs is 2. The van der Waals surface area contributed by atoms with E-state index in [-0.39, 0.29) is 33.6 Å². The highest BCUT2D eigenvalue weighted by atomic mass is 16.1. The van der Waals surface area contributed by atoms with Crippen molar-refractivity contribution in [2.75, 3.05) is 0 Å². The predicted molar refractivity (Wildman–Crippen MR) is 57.4 cm³/mol. The average Bonchev–Trinajstić information content (AvgIpc) is 2.94. The molecule has 0 bridgehead atoms. The second-order valence-electron chi connectivity index (χ2n) is 3.55. The van der Waals surface area contributed by atoms with Crippen LogP contribution in [0.25, 0.3) is 11.6 Å². The summed E-state index contributed by atoms with van der Waals surface area (Å²) < 4.78 is 0. The molecule has 0 saturated heterocycles. The van der Waals surface area contributed by atoms with E-state index in [1.807, 2.05) is 0 Å². The van der Waals surface area contributed by atoms with Crippen molar-refractivity contribution in [3.63, 3.8) is 0 Å². The quantitative estimate of drug-likeness (QED) is 0.591. The molecule has 3 heterocycles. The molecule has 0 atom stereocenters. The van der Waals surface area contributed by atoms with Crippen molar-refractivity contribution in [2.45, 2.75) is 0 Å². The number of hydrogen-bond donors (Lipinski definition) is 0. The zero-order chi connectivity index (χ0) is 12.7. The first kappa shape index (κ1) is 10.3. The molecule has 0 amide bonds. The van der Waals surface area contributed by atoms with Crippen molar-refractivity contribution in [1.82, 2.24) is 9.97 Å². The van der Waals surface area contributed by atoms with E-state index in [9.17, 15) is 14.4 Å². The molecule has 18 heavy (non-hydrogen) atoms. The number of hydrogen-bond acceptors (Lipinski definition) is 7. The Morgan fingerprint density at radius 1 is 0.889 bits per heavy atom. The molecule has 1 aromatic heterocycles. The molecule has 0 radical (unpaired) electrons. The van der Waals surface area contributed by atoms with Gasteiger partial charge in [-0.2, -0.15) is 0 Å². The molecule has 3 rings (SSSR count). The van der Waals surface area contributed by atoms with Crippen molar-refractivity contribution in [2.24, 2.45) is 9.98 Å². The molecule has 0 fully saturated rings. The third-order valence-corrected chi connectivity index (χ3v) is 2.51. The maximum atomic E-state index is 10.9. The molecule has 0 unspecified atom stereocenters. The second kappa shape index (κ2) is 3.59.